The van der Waals surface area contributed by atoms with Crippen LogP contribution in [0.25, 0.3) is 0 Å². The van der Waals surface area contributed by atoms with Gasteiger partial charge in [-0.15, -0.1) is 0 Å². The van der Waals surface area contributed by atoms with Gasteiger partial charge in [-0.05, 0) is 57.0 Å². The lowest BCUT2D eigenvalue weighted by molar-refractivity contribution is -0.195. The first-order valence-electron chi connectivity index (χ1n) is 13.9. The van der Waals surface area contributed by atoms with Gasteiger partial charge in [-0.2, -0.15) is 0 Å². The van der Waals surface area contributed by atoms with Gasteiger partial charge in [0.2, 0.25) is 0 Å². The molecule has 1 aliphatic carbocycles. The lowest BCUT2D eigenvalue weighted by atomic mass is 9.85. The molecule has 0 aromatic heterocycles. The predicted molar refractivity (Wildman–Crippen MR) is 150 cm³/mol. The third-order valence-electron chi connectivity index (χ3n) is 7.78. The Morgan fingerprint density at radius 3 is 1.37 bits per heavy atom. The Morgan fingerprint density at radius 1 is 0.658 bits per heavy atom. The number of ether oxygens (including phenoxy) is 5. The van der Waals surface area contributed by atoms with Gasteiger partial charge in [0.25, 0.3) is 8.32 Å². The maximum absolute atomic E-state index is 7.66. The van der Waals surface area contributed by atoms with E-state index in [0.717, 1.165) is 0 Å². The molecular weight excluding hydrogens is 496 g/mol. The van der Waals surface area contributed by atoms with Gasteiger partial charge in [-0.3, -0.25) is 0 Å². The Balaban J connectivity index is 1.68. The van der Waals surface area contributed by atoms with Gasteiger partial charge in [0.05, 0.1) is 6.10 Å². The Bertz CT molecular complexity index is 1020. The highest BCUT2D eigenvalue weighted by atomic mass is 28.4. The van der Waals surface area contributed by atoms with Crippen molar-refractivity contribution in [3.8, 4) is 0 Å². The second kappa shape index (κ2) is 9.80. The molecule has 2 aliphatic heterocycles. The zero-order chi connectivity index (χ0) is 27.5. The van der Waals surface area contributed by atoms with E-state index in [0.29, 0.717) is 0 Å². The molecule has 0 radical (unpaired) electrons. The standard InChI is InChI=1S/C31H44O6Si/c1-20(2)32-23-24-26(35-30(6,7)33-24)28(27-25(23)34-31(8,9)36-27)37-38(29(3,4)5,21-16-12-10-13-17-21)22-18-14-11-15-19-22/h10-20,23-28H,1-9H3/t23-,24-,25+,26-,27-,28-/m1/s1. The van der Waals surface area contributed by atoms with E-state index < -0.39 is 26.0 Å². The van der Waals surface area contributed by atoms with Crippen LogP contribution in [0, 0.1) is 0 Å². The summed E-state index contributed by atoms with van der Waals surface area (Å²) in [6, 6.07) is 21.4. The van der Waals surface area contributed by atoms with Crippen molar-refractivity contribution < 1.29 is 28.1 Å². The number of fused-ring (bicyclic) bond motifs is 2. The SMILES string of the molecule is CC(C)O[C@@H]1[C@H]2OC(C)(C)O[C@H]2[C@@H](O[Si](c2ccccc2)(c2ccccc2)C(C)(C)C)[C@@H]2OC(C)(C)O[C@@H]12. The molecule has 0 amide bonds. The first kappa shape index (κ1) is 28.0. The Morgan fingerprint density at radius 2 is 1.03 bits per heavy atom. The first-order chi connectivity index (χ1) is 17.7. The summed E-state index contributed by atoms with van der Waals surface area (Å²) in [5.74, 6) is -1.57. The molecule has 3 aliphatic rings. The van der Waals surface area contributed by atoms with Crippen molar-refractivity contribution in [3.63, 3.8) is 0 Å². The normalized spacial score (nSPS) is 32.3. The summed E-state index contributed by atoms with van der Waals surface area (Å²) in [5.41, 5.74) is 0. The Kier molecular flexibility index (Phi) is 7.21. The van der Waals surface area contributed by atoms with E-state index in [9.17, 15) is 0 Å². The van der Waals surface area contributed by atoms with Gasteiger partial charge < -0.3 is 28.1 Å². The second-order valence-corrected chi connectivity index (χ2v) is 17.3. The van der Waals surface area contributed by atoms with Crippen molar-refractivity contribution in [2.75, 3.05) is 0 Å². The minimum Gasteiger partial charge on any atom is -0.399 e. The summed E-state index contributed by atoms with van der Waals surface area (Å²) >= 11 is 0. The lowest BCUT2D eigenvalue weighted by Crippen LogP contribution is -2.72. The largest absolute Gasteiger partial charge is 0.399 e. The molecule has 6 atom stereocenters. The quantitative estimate of drug-likeness (QED) is 0.492. The van der Waals surface area contributed by atoms with Crippen LogP contribution < -0.4 is 10.4 Å². The van der Waals surface area contributed by atoms with Crippen LogP contribution in [0.1, 0.15) is 62.3 Å². The van der Waals surface area contributed by atoms with Gasteiger partial charge in [0.1, 0.15) is 36.6 Å². The molecule has 0 spiro atoms. The molecular formula is C31H44O6Si. The smallest absolute Gasteiger partial charge is 0.261 e. The summed E-state index contributed by atoms with van der Waals surface area (Å²) in [4.78, 5) is 0. The van der Waals surface area contributed by atoms with E-state index >= 15 is 0 Å². The zero-order valence-corrected chi connectivity index (χ0v) is 25.3. The lowest BCUT2D eigenvalue weighted by Gasteiger charge is -2.50. The summed E-state index contributed by atoms with van der Waals surface area (Å²) in [6.07, 6.45) is -2.23. The van der Waals surface area contributed by atoms with Crippen LogP contribution in [0.4, 0.5) is 0 Å². The van der Waals surface area contributed by atoms with Crippen LogP contribution in [0.3, 0.4) is 0 Å². The Labute approximate surface area is 229 Å². The van der Waals surface area contributed by atoms with Gasteiger partial charge in [0, 0.05) is 0 Å². The van der Waals surface area contributed by atoms with Crippen LogP contribution in [-0.2, 0) is 28.1 Å². The van der Waals surface area contributed by atoms with Gasteiger partial charge in [-0.1, -0.05) is 81.4 Å². The molecule has 0 N–H and O–H groups in total. The molecule has 38 heavy (non-hydrogen) atoms. The average molecular weight is 541 g/mol. The fraction of sp³-hybridized carbons (Fsp3) is 0.613. The van der Waals surface area contributed by atoms with Crippen molar-refractivity contribution in [2.24, 2.45) is 0 Å². The highest BCUT2D eigenvalue weighted by Gasteiger charge is 2.66. The summed E-state index contributed by atoms with van der Waals surface area (Å²) in [7, 11) is -2.92. The topological polar surface area (TPSA) is 55.4 Å². The van der Waals surface area contributed by atoms with Gasteiger partial charge in [-0.25, -0.2) is 0 Å². The summed E-state index contributed by atoms with van der Waals surface area (Å²) < 4.78 is 40.5. The number of hydrogen-bond donors (Lipinski definition) is 0. The maximum Gasteiger partial charge on any atom is 0.261 e. The number of hydrogen-bond acceptors (Lipinski definition) is 6. The van der Waals surface area contributed by atoms with Crippen LogP contribution >= 0.6 is 0 Å². The fourth-order valence-electron chi connectivity index (χ4n) is 6.52. The van der Waals surface area contributed by atoms with E-state index in [1.165, 1.54) is 10.4 Å². The predicted octanol–water partition coefficient (Wildman–Crippen LogP) is 4.78. The third-order valence-corrected chi connectivity index (χ3v) is 12.8. The highest BCUT2D eigenvalue weighted by molar-refractivity contribution is 6.99. The number of rotatable bonds is 6. The third kappa shape index (κ3) is 4.92. The molecule has 6 nitrogen and oxygen atoms in total. The highest BCUT2D eigenvalue weighted by Crippen LogP contribution is 2.49. The molecule has 208 valence electrons. The van der Waals surface area contributed by atoms with E-state index in [4.69, 9.17) is 28.1 Å². The molecule has 0 bridgehead atoms. The molecule has 7 heteroatoms. The van der Waals surface area contributed by atoms with Crippen LogP contribution in [-0.4, -0.2) is 62.6 Å². The maximum atomic E-state index is 7.66. The van der Waals surface area contributed by atoms with E-state index in [1.54, 1.807) is 0 Å². The van der Waals surface area contributed by atoms with E-state index in [-0.39, 0.29) is 41.7 Å². The minimum atomic E-state index is -2.92. The van der Waals surface area contributed by atoms with Crippen molar-refractivity contribution in [1.29, 1.82) is 0 Å². The van der Waals surface area contributed by atoms with Crippen LogP contribution in [0.2, 0.25) is 5.04 Å². The second-order valence-electron chi connectivity index (χ2n) is 13.0. The molecule has 2 heterocycles. The van der Waals surface area contributed by atoms with Crippen molar-refractivity contribution in [3.05, 3.63) is 60.7 Å². The van der Waals surface area contributed by atoms with Crippen LogP contribution in [0.5, 0.6) is 0 Å². The molecule has 2 aromatic carbocycles. The fourth-order valence-corrected chi connectivity index (χ4v) is 11.2. The average Bonchev–Trinajstić information content (AvgIpc) is 3.33. The van der Waals surface area contributed by atoms with Crippen molar-refractivity contribution in [2.45, 2.75) is 122 Å². The molecule has 2 saturated heterocycles. The van der Waals surface area contributed by atoms with Crippen molar-refractivity contribution >= 4 is 18.7 Å². The number of benzene rings is 2. The van der Waals surface area contributed by atoms with E-state index in [2.05, 4.69) is 81.4 Å². The molecule has 1 saturated carbocycles. The van der Waals surface area contributed by atoms with Gasteiger partial charge >= 0.3 is 0 Å². The van der Waals surface area contributed by atoms with Crippen molar-refractivity contribution in [1.82, 2.24) is 0 Å². The van der Waals surface area contributed by atoms with E-state index in [1.807, 2.05) is 41.5 Å². The molecule has 2 aromatic rings. The molecule has 3 fully saturated rings. The monoisotopic (exact) mass is 540 g/mol. The van der Waals surface area contributed by atoms with Gasteiger partial charge in [0.15, 0.2) is 11.6 Å². The molecule has 5 rings (SSSR count). The zero-order valence-electron chi connectivity index (χ0n) is 24.3. The summed E-state index contributed by atoms with van der Waals surface area (Å²) in [6.45, 7) is 18.8. The van der Waals surface area contributed by atoms with Crippen LogP contribution in [0.15, 0.2) is 60.7 Å². The Hall–Kier alpha value is -1.58. The first-order valence-corrected chi connectivity index (χ1v) is 15.8. The summed E-state index contributed by atoms with van der Waals surface area (Å²) in [5, 5.41) is 2.23. The molecule has 0 unspecified atom stereocenters. The minimum absolute atomic E-state index is 0.00456.